The third kappa shape index (κ3) is 2.88. The van der Waals surface area contributed by atoms with E-state index < -0.39 is 11.9 Å². The van der Waals surface area contributed by atoms with Gasteiger partial charge in [-0.05, 0) is 23.1 Å². The monoisotopic (exact) mass is 250 g/mol. The number of carbonyl (C=O) groups is 2. The van der Waals surface area contributed by atoms with Crippen molar-refractivity contribution in [1.29, 1.82) is 0 Å². The van der Waals surface area contributed by atoms with Crippen LogP contribution < -0.4 is 0 Å². The van der Waals surface area contributed by atoms with Gasteiger partial charge in [-0.25, -0.2) is 9.59 Å². The highest BCUT2D eigenvalue weighted by atomic mass is 16.5. The van der Waals surface area contributed by atoms with Crippen LogP contribution in [0.15, 0.2) is 18.2 Å². The molecule has 0 saturated heterocycles. The predicted molar refractivity (Wildman–Crippen MR) is 67.8 cm³/mol. The van der Waals surface area contributed by atoms with Gasteiger partial charge < -0.3 is 9.47 Å². The predicted octanol–water partition coefficient (Wildman–Crippen LogP) is 2.56. The average molecular weight is 250 g/mol. The standard InChI is InChI=1S/C14H18O4/c1-14(2,3)9-6-7-10(12(15)17-4)11(8-9)13(16)18-5/h6-8H,1-5H3. The lowest BCUT2D eigenvalue weighted by Crippen LogP contribution is -2.16. The van der Waals surface area contributed by atoms with Gasteiger partial charge in [-0.1, -0.05) is 26.8 Å². The lowest BCUT2D eigenvalue weighted by atomic mass is 9.85. The minimum absolute atomic E-state index is 0.114. The summed E-state index contributed by atoms with van der Waals surface area (Å²) >= 11 is 0. The first kappa shape index (κ1) is 14.2. The van der Waals surface area contributed by atoms with Gasteiger partial charge in [0.15, 0.2) is 0 Å². The Labute approximate surface area is 107 Å². The molecule has 0 aliphatic heterocycles. The second kappa shape index (κ2) is 5.21. The summed E-state index contributed by atoms with van der Waals surface area (Å²) in [6.07, 6.45) is 0. The normalized spacial score (nSPS) is 10.9. The first-order valence-electron chi connectivity index (χ1n) is 5.62. The van der Waals surface area contributed by atoms with Crippen LogP contribution >= 0.6 is 0 Å². The van der Waals surface area contributed by atoms with E-state index in [0.717, 1.165) is 5.56 Å². The minimum atomic E-state index is -0.546. The van der Waals surface area contributed by atoms with Crippen molar-refractivity contribution in [2.24, 2.45) is 0 Å². The summed E-state index contributed by atoms with van der Waals surface area (Å²) in [5, 5.41) is 0. The van der Waals surface area contributed by atoms with Crippen molar-refractivity contribution in [3.63, 3.8) is 0 Å². The Morgan fingerprint density at radius 3 is 1.89 bits per heavy atom. The zero-order valence-corrected chi connectivity index (χ0v) is 11.4. The Morgan fingerprint density at radius 2 is 1.44 bits per heavy atom. The minimum Gasteiger partial charge on any atom is -0.465 e. The van der Waals surface area contributed by atoms with Crippen molar-refractivity contribution in [3.8, 4) is 0 Å². The van der Waals surface area contributed by atoms with Crippen LogP contribution in [0.3, 0.4) is 0 Å². The summed E-state index contributed by atoms with van der Waals surface area (Å²) in [4.78, 5) is 23.3. The molecular weight excluding hydrogens is 232 g/mol. The van der Waals surface area contributed by atoms with Gasteiger partial charge in [-0.3, -0.25) is 0 Å². The molecule has 1 aromatic carbocycles. The van der Waals surface area contributed by atoms with Crippen molar-refractivity contribution in [2.75, 3.05) is 14.2 Å². The summed E-state index contributed by atoms with van der Waals surface area (Å²) in [6.45, 7) is 6.09. The van der Waals surface area contributed by atoms with Crippen LogP contribution in [0.4, 0.5) is 0 Å². The number of benzene rings is 1. The molecule has 0 spiro atoms. The number of hydrogen-bond donors (Lipinski definition) is 0. The summed E-state index contributed by atoms with van der Waals surface area (Å²) in [7, 11) is 2.56. The second-order valence-electron chi connectivity index (χ2n) is 4.99. The molecule has 0 aromatic heterocycles. The van der Waals surface area contributed by atoms with E-state index in [1.165, 1.54) is 14.2 Å². The maximum atomic E-state index is 11.7. The quantitative estimate of drug-likeness (QED) is 0.757. The molecule has 0 amide bonds. The Bertz CT molecular complexity index is 469. The van der Waals surface area contributed by atoms with Gasteiger partial charge in [-0.2, -0.15) is 0 Å². The number of methoxy groups -OCH3 is 2. The Morgan fingerprint density at radius 1 is 0.944 bits per heavy atom. The maximum absolute atomic E-state index is 11.7. The van der Waals surface area contributed by atoms with E-state index >= 15 is 0 Å². The van der Waals surface area contributed by atoms with Gasteiger partial charge >= 0.3 is 11.9 Å². The molecule has 0 aliphatic carbocycles. The van der Waals surface area contributed by atoms with E-state index in [9.17, 15) is 9.59 Å². The lowest BCUT2D eigenvalue weighted by molar-refractivity contribution is 0.0555. The fourth-order valence-electron chi connectivity index (χ4n) is 1.58. The van der Waals surface area contributed by atoms with Crippen LogP contribution in [0.1, 0.15) is 47.1 Å². The van der Waals surface area contributed by atoms with Gasteiger partial charge in [0.2, 0.25) is 0 Å². The molecule has 98 valence electrons. The smallest absolute Gasteiger partial charge is 0.338 e. The number of rotatable bonds is 2. The third-order valence-electron chi connectivity index (χ3n) is 2.70. The van der Waals surface area contributed by atoms with E-state index in [4.69, 9.17) is 4.74 Å². The molecule has 0 fully saturated rings. The molecule has 18 heavy (non-hydrogen) atoms. The van der Waals surface area contributed by atoms with Crippen LogP contribution in [-0.4, -0.2) is 26.2 Å². The molecule has 0 atom stereocenters. The molecule has 4 heteroatoms. The molecule has 0 bridgehead atoms. The van der Waals surface area contributed by atoms with Crippen LogP contribution in [0, 0.1) is 0 Å². The molecule has 4 nitrogen and oxygen atoms in total. The van der Waals surface area contributed by atoms with Crippen molar-refractivity contribution in [3.05, 3.63) is 34.9 Å². The zero-order valence-electron chi connectivity index (χ0n) is 11.4. The Hall–Kier alpha value is -1.84. The topological polar surface area (TPSA) is 52.6 Å². The largest absolute Gasteiger partial charge is 0.465 e. The van der Waals surface area contributed by atoms with Crippen LogP contribution in [0.2, 0.25) is 0 Å². The molecule has 0 N–H and O–H groups in total. The van der Waals surface area contributed by atoms with Crippen molar-refractivity contribution in [1.82, 2.24) is 0 Å². The first-order valence-corrected chi connectivity index (χ1v) is 5.62. The Kier molecular flexibility index (Phi) is 4.11. The summed E-state index contributed by atoms with van der Waals surface area (Å²) in [5.41, 5.74) is 1.29. The van der Waals surface area contributed by atoms with Crippen LogP contribution in [0.5, 0.6) is 0 Å². The molecule has 0 aliphatic rings. The highest BCUT2D eigenvalue weighted by Gasteiger charge is 2.22. The van der Waals surface area contributed by atoms with E-state index in [1.54, 1.807) is 12.1 Å². The third-order valence-corrected chi connectivity index (χ3v) is 2.70. The van der Waals surface area contributed by atoms with Gasteiger partial charge in [0.25, 0.3) is 0 Å². The average Bonchev–Trinajstić information content (AvgIpc) is 2.35. The highest BCUT2D eigenvalue weighted by Crippen LogP contribution is 2.25. The zero-order chi connectivity index (χ0) is 13.9. The first-order chi connectivity index (χ1) is 8.31. The molecular formula is C14H18O4. The Balaban J connectivity index is 3.39. The number of ether oxygens (including phenoxy) is 2. The maximum Gasteiger partial charge on any atom is 0.338 e. The van der Waals surface area contributed by atoms with E-state index in [2.05, 4.69) is 4.74 Å². The molecule has 1 rings (SSSR count). The lowest BCUT2D eigenvalue weighted by Gasteiger charge is -2.20. The second-order valence-corrected chi connectivity index (χ2v) is 4.99. The van der Waals surface area contributed by atoms with Crippen molar-refractivity contribution >= 4 is 11.9 Å². The van der Waals surface area contributed by atoms with Gasteiger partial charge in [0.05, 0.1) is 25.3 Å². The number of hydrogen-bond acceptors (Lipinski definition) is 4. The molecule has 0 saturated carbocycles. The molecule has 0 heterocycles. The summed E-state index contributed by atoms with van der Waals surface area (Å²) < 4.78 is 9.34. The molecule has 0 radical (unpaired) electrons. The number of carbonyl (C=O) groups excluding carboxylic acids is 2. The van der Waals surface area contributed by atoms with E-state index in [1.807, 2.05) is 26.8 Å². The molecule has 0 unspecified atom stereocenters. The number of esters is 2. The summed E-state index contributed by atoms with van der Waals surface area (Å²) in [5.74, 6) is -1.09. The van der Waals surface area contributed by atoms with Crippen molar-refractivity contribution in [2.45, 2.75) is 26.2 Å². The van der Waals surface area contributed by atoms with E-state index in [-0.39, 0.29) is 16.5 Å². The molecule has 1 aromatic rings. The SMILES string of the molecule is COC(=O)c1ccc(C(C)(C)C)cc1C(=O)OC. The van der Waals surface area contributed by atoms with Gasteiger partial charge in [-0.15, -0.1) is 0 Å². The van der Waals surface area contributed by atoms with Gasteiger partial charge in [0, 0.05) is 0 Å². The van der Waals surface area contributed by atoms with Crippen LogP contribution in [0.25, 0.3) is 0 Å². The fourth-order valence-corrected chi connectivity index (χ4v) is 1.58. The van der Waals surface area contributed by atoms with Gasteiger partial charge in [0.1, 0.15) is 0 Å². The van der Waals surface area contributed by atoms with E-state index in [0.29, 0.717) is 0 Å². The fraction of sp³-hybridized carbons (Fsp3) is 0.429. The summed E-state index contributed by atoms with van der Waals surface area (Å²) in [6, 6.07) is 5.09. The highest BCUT2D eigenvalue weighted by molar-refractivity contribution is 6.03. The van der Waals surface area contributed by atoms with Crippen molar-refractivity contribution < 1.29 is 19.1 Å². The van der Waals surface area contributed by atoms with Crippen LogP contribution in [-0.2, 0) is 14.9 Å².